The number of nitrogens with zero attached hydrogens (tertiary/aromatic N) is 1. The van der Waals surface area contributed by atoms with Crippen LogP contribution in [-0.2, 0) is 0 Å². The molecule has 136 valence electrons. The fourth-order valence-electron chi connectivity index (χ4n) is 2.71. The van der Waals surface area contributed by atoms with Crippen molar-refractivity contribution in [3.05, 3.63) is 65.5 Å². The molecule has 0 radical (unpaired) electrons. The number of hydrogen-bond donors (Lipinski definition) is 2. The molecule has 0 aliphatic heterocycles. The zero-order chi connectivity index (χ0) is 18.7. The molecule has 0 aromatic heterocycles. The molecule has 1 fully saturated rings. The summed E-state index contributed by atoms with van der Waals surface area (Å²) < 4.78 is 14.0. The lowest BCUT2D eigenvalue weighted by Gasteiger charge is -2.26. The van der Waals surface area contributed by atoms with Gasteiger partial charge in [0.05, 0.1) is 6.04 Å². The summed E-state index contributed by atoms with van der Waals surface area (Å²) in [7, 11) is 1.64. The maximum Gasteiger partial charge on any atom is 0.319 e. The first-order valence-corrected chi connectivity index (χ1v) is 8.65. The highest BCUT2D eigenvalue weighted by molar-refractivity contribution is 5.97. The normalized spacial score (nSPS) is 14.4. The first kappa shape index (κ1) is 17.9. The van der Waals surface area contributed by atoms with Gasteiger partial charge in [0.1, 0.15) is 5.82 Å². The zero-order valence-electron chi connectivity index (χ0n) is 14.8. The summed E-state index contributed by atoms with van der Waals surface area (Å²) in [6, 6.07) is 12.7. The van der Waals surface area contributed by atoms with Crippen molar-refractivity contribution < 1.29 is 14.0 Å². The Morgan fingerprint density at radius 1 is 1.15 bits per heavy atom. The molecule has 0 saturated heterocycles. The van der Waals surface area contributed by atoms with Crippen LogP contribution in [0.15, 0.2) is 48.5 Å². The number of hydrogen-bond acceptors (Lipinski definition) is 2. The van der Waals surface area contributed by atoms with Crippen LogP contribution in [0.2, 0.25) is 0 Å². The molecule has 1 atom stereocenters. The van der Waals surface area contributed by atoms with Gasteiger partial charge >= 0.3 is 6.03 Å². The number of carbonyl (C=O) groups excluding carboxylic acids is 2. The van der Waals surface area contributed by atoms with Crippen molar-refractivity contribution in [3.63, 3.8) is 0 Å². The molecular formula is C20H22FN3O2. The van der Waals surface area contributed by atoms with Crippen molar-refractivity contribution >= 4 is 17.6 Å². The minimum atomic E-state index is -0.418. The van der Waals surface area contributed by atoms with E-state index in [2.05, 4.69) is 10.6 Å². The maximum absolute atomic E-state index is 14.0. The lowest BCUT2D eigenvalue weighted by Crippen LogP contribution is -2.31. The highest BCUT2D eigenvalue weighted by atomic mass is 19.1. The van der Waals surface area contributed by atoms with E-state index in [0.29, 0.717) is 16.8 Å². The summed E-state index contributed by atoms with van der Waals surface area (Å²) in [6.45, 7) is 1.78. The second-order valence-corrected chi connectivity index (χ2v) is 6.57. The Morgan fingerprint density at radius 3 is 2.58 bits per heavy atom. The zero-order valence-corrected chi connectivity index (χ0v) is 14.8. The largest absolute Gasteiger partial charge is 0.335 e. The number of urea groups is 1. The molecule has 1 saturated carbocycles. The fourth-order valence-corrected chi connectivity index (χ4v) is 2.71. The molecule has 1 aliphatic rings. The molecule has 2 aromatic carbocycles. The molecule has 26 heavy (non-hydrogen) atoms. The molecule has 5 nitrogen and oxygen atoms in total. The van der Waals surface area contributed by atoms with Gasteiger partial charge in [-0.25, -0.2) is 9.18 Å². The van der Waals surface area contributed by atoms with Crippen LogP contribution in [0.1, 0.15) is 41.7 Å². The molecule has 1 aliphatic carbocycles. The van der Waals surface area contributed by atoms with Gasteiger partial charge in [-0.05, 0) is 44.0 Å². The Hall–Kier alpha value is -2.89. The van der Waals surface area contributed by atoms with Gasteiger partial charge in [-0.3, -0.25) is 4.79 Å². The van der Waals surface area contributed by atoms with Crippen molar-refractivity contribution in [2.75, 3.05) is 12.4 Å². The first-order chi connectivity index (χ1) is 12.5. The third kappa shape index (κ3) is 4.20. The SMILES string of the molecule is CC(c1ccccc1F)N(C)C(=O)c1cccc(NC(=O)NC2CC2)c1. The second-order valence-electron chi connectivity index (χ2n) is 6.57. The standard InChI is InChI=1S/C20H22FN3O2/c1-13(17-8-3-4-9-18(17)21)24(2)19(25)14-6-5-7-16(12-14)23-20(26)22-15-10-11-15/h3-9,12-13,15H,10-11H2,1-2H3,(H2,22,23,26). The molecule has 0 bridgehead atoms. The Morgan fingerprint density at radius 2 is 1.88 bits per heavy atom. The Bertz CT molecular complexity index is 820. The number of carbonyl (C=O) groups is 2. The van der Waals surface area contributed by atoms with Crippen molar-refractivity contribution in [1.82, 2.24) is 10.2 Å². The highest BCUT2D eigenvalue weighted by Crippen LogP contribution is 2.24. The second kappa shape index (κ2) is 7.56. The molecule has 2 N–H and O–H groups in total. The average Bonchev–Trinajstić information content (AvgIpc) is 3.44. The van der Waals surface area contributed by atoms with Gasteiger partial charge in [0.15, 0.2) is 0 Å². The Labute approximate surface area is 152 Å². The molecule has 3 rings (SSSR count). The lowest BCUT2D eigenvalue weighted by atomic mass is 10.1. The number of benzene rings is 2. The van der Waals surface area contributed by atoms with Crippen LogP contribution in [-0.4, -0.2) is 29.9 Å². The summed E-state index contributed by atoms with van der Waals surface area (Å²) in [5, 5.41) is 5.57. The molecule has 0 spiro atoms. The first-order valence-electron chi connectivity index (χ1n) is 8.65. The van der Waals surface area contributed by atoms with Gasteiger partial charge in [0, 0.05) is 29.9 Å². The summed E-state index contributed by atoms with van der Waals surface area (Å²) in [5.41, 5.74) is 1.43. The topological polar surface area (TPSA) is 61.4 Å². The monoisotopic (exact) mass is 355 g/mol. The lowest BCUT2D eigenvalue weighted by molar-refractivity contribution is 0.0740. The van der Waals surface area contributed by atoms with Gasteiger partial charge < -0.3 is 15.5 Å². The van der Waals surface area contributed by atoms with Crippen LogP contribution in [0.5, 0.6) is 0 Å². The number of halogens is 1. The van der Waals surface area contributed by atoms with E-state index >= 15 is 0 Å². The van der Waals surface area contributed by atoms with Gasteiger partial charge in [0.25, 0.3) is 5.91 Å². The van der Waals surface area contributed by atoms with Crippen molar-refractivity contribution in [2.24, 2.45) is 0 Å². The van der Waals surface area contributed by atoms with Gasteiger partial charge in [0.2, 0.25) is 0 Å². The van der Waals surface area contributed by atoms with Gasteiger partial charge in [-0.1, -0.05) is 24.3 Å². The number of rotatable bonds is 5. The number of nitrogens with one attached hydrogen (secondary N) is 2. The summed E-state index contributed by atoms with van der Waals surface area (Å²) in [4.78, 5) is 26.1. The third-order valence-electron chi connectivity index (χ3n) is 4.54. The van der Waals surface area contributed by atoms with E-state index in [0.717, 1.165) is 12.8 Å². The summed E-state index contributed by atoms with van der Waals surface area (Å²) in [5.74, 6) is -0.584. The predicted octanol–water partition coefficient (Wildman–Crippen LogP) is 3.94. The van der Waals surface area contributed by atoms with Crippen LogP contribution in [0.25, 0.3) is 0 Å². The van der Waals surface area contributed by atoms with Crippen LogP contribution < -0.4 is 10.6 Å². The minimum absolute atomic E-state index is 0.244. The number of anilines is 1. The van der Waals surface area contributed by atoms with Crippen LogP contribution >= 0.6 is 0 Å². The third-order valence-corrected chi connectivity index (χ3v) is 4.54. The van der Waals surface area contributed by atoms with Crippen LogP contribution in [0.3, 0.4) is 0 Å². The smallest absolute Gasteiger partial charge is 0.319 e. The molecule has 0 heterocycles. The van der Waals surface area contributed by atoms with Crippen molar-refractivity contribution in [2.45, 2.75) is 31.8 Å². The summed E-state index contributed by atoms with van der Waals surface area (Å²) >= 11 is 0. The molecule has 6 heteroatoms. The van der Waals surface area contributed by atoms with E-state index in [9.17, 15) is 14.0 Å². The van der Waals surface area contributed by atoms with Crippen LogP contribution in [0, 0.1) is 5.82 Å². The minimum Gasteiger partial charge on any atom is -0.335 e. The molecule has 1 unspecified atom stereocenters. The van der Waals surface area contributed by atoms with Crippen LogP contribution in [0.4, 0.5) is 14.9 Å². The highest BCUT2D eigenvalue weighted by Gasteiger charge is 2.24. The number of amides is 3. The van der Waals surface area contributed by atoms with E-state index < -0.39 is 6.04 Å². The van der Waals surface area contributed by atoms with E-state index in [1.807, 2.05) is 0 Å². The predicted molar refractivity (Wildman–Crippen MR) is 98.5 cm³/mol. The maximum atomic E-state index is 14.0. The molecule has 2 aromatic rings. The fraction of sp³-hybridized carbons (Fsp3) is 0.300. The van der Waals surface area contributed by atoms with Crippen molar-refractivity contribution in [3.8, 4) is 0 Å². The van der Waals surface area contributed by atoms with E-state index in [1.165, 1.54) is 11.0 Å². The average molecular weight is 355 g/mol. The van der Waals surface area contributed by atoms with Gasteiger partial charge in [-0.2, -0.15) is 0 Å². The molecule has 3 amide bonds. The van der Waals surface area contributed by atoms with E-state index in [-0.39, 0.29) is 23.8 Å². The Balaban J connectivity index is 1.71. The van der Waals surface area contributed by atoms with Gasteiger partial charge in [-0.15, -0.1) is 0 Å². The van der Waals surface area contributed by atoms with E-state index in [4.69, 9.17) is 0 Å². The molecular weight excluding hydrogens is 333 g/mol. The van der Waals surface area contributed by atoms with Crippen molar-refractivity contribution in [1.29, 1.82) is 0 Å². The quantitative estimate of drug-likeness (QED) is 0.853. The summed E-state index contributed by atoms with van der Waals surface area (Å²) in [6.07, 6.45) is 2.01. The Kier molecular flexibility index (Phi) is 5.21. The van der Waals surface area contributed by atoms with E-state index in [1.54, 1.807) is 56.4 Å².